The van der Waals surface area contributed by atoms with Gasteiger partial charge >= 0.3 is 0 Å². The third-order valence-corrected chi connectivity index (χ3v) is 1.59. The van der Waals surface area contributed by atoms with Gasteiger partial charge in [0.05, 0.1) is 0 Å². The van der Waals surface area contributed by atoms with Crippen molar-refractivity contribution >= 4 is 0 Å². The van der Waals surface area contributed by atoms with Gasteiger partial charge in [-0.2, -0.15) is 0 Å². The Labute approximate surface area is 64.0 Å². The Balaban J connectivity index is 4.19. The van der Waals surface area contributed by atoms with Gasteiger partial charge in [-0.3, -0.25) is 0 Å². The maximum absolute atomic E-state index is 2.12. The summed E-state index contributed by atoms with van der Waals surface area (Å²) in [5.41, 5.74) is 2.68. The second-order valence-electron chi connectivity index (χ2n) is 2.35. The summed E-state index contributed by atoms with van der Waals surface area (Å²) >= 11 is 0. The van der Waals surface area contributed by atoms with E-state index in [4.69, 9.17) is 0 Å². The third-order valence-electron chi connectivity index (χ3n) is 1.59. The van der Waals surface area contributed by atoms with Crippen molar-refractivity contribution in [2.45, 2.75) is 27.7 Å². The lowest BCUT2D eigenvalue weighted by Gasteiger charge is -1.96. The fourth-order valence-corrected chi connectivity index (χ4v) is 0.600. The Morgan fingerprint density at radius 2 is 1.60 bits per heavy atom. The number of hydrogen-bond acceptors (Lipinski definition) is 0. The number of hydrogen-bond donors (Lipinski definition) is 0. The Bertz CT molecular complexity index is 168. The molecule has 56 valence electrons. The summed E-state index contributed by atoms with van der Waals surface area (Å²) in [6.45, 7) is 8.32. The molecule has 10 heavy (non-hydrogen) atoms. The first-order valence-corrected chi connectivity index (χ1v) is 3.65. The van der Waals surface area contributed by atoms with Crippen LogP contribution in [0.4, 0.5) is 0 Å². The topological polar surface area (TPSA) is 0 Å². The summed E-state index contributed by atoms with van der Waals surface area (Å²) in [5, 5.41) is 0. The van der Waals surface area contributed by atoms with Crippen LogP contribution in [0.1, 0.15) is 27.7 Å². The lowest BCUT2D eigenvalue weighted by atomic mass is 10.1. The van der Waals surface area contributed by atoms with E-state index in [9.17, 15) is 0 Å². The van der Waals surface area contributed by atoms with Crippen LogP contribution in [0.2, 0.25) is 0 Å². The number of allylic oxidation sites excluding steroid dienone is 6. The molecule has 0 amide bonds. The van der Waals surface area contributed by atoms with Crippen LogP contribution in [0.15, 0.2) is 35.5 Å². The maximum atomic E-state index is 2.12. The lowest BCUT2D eigenvalue weighted by Crippen LogP contribution is -1.75. The Morgan fingerprint density at radius 1 is 1.00 bits per heavy atom. The minimum absolute atomic E-state index is 1.33. The summed E-state index contributed by atoms with van der Waals surface area (Å²) < 4.78 is 0. The van der Waals surface area contributed by atoms with E-state index < -0.39 is 0 Å². The Kier molecular flexibility index (Phi) is 4.65. The molecule has 0 bridgehead atoms. The normalized spacial score (nSPS) is 14.8. The van der Waals surface area contributed by atoms with Crippen LogP contribution in [0.5, 0.6) is 0 Å². The van der Waals surface area contributed by atoms with E-state index in [1.807, 2.05) is 13.0 Å². The van der Waals surface area contributed by atoms with Gasteiger partial charge in [-0.1, -0.05) is 29.9 Å². The molecule has 0 atom stereocenters. The molecular formula is C10H16. The van der Waals surface area contributed by atoms with Crippen LogP contribution < -0.4 is 0 Å². The predicted molar refractivity (Wildman–Crippen MR) is 48.0 cm³/mol. The van der Waals surface area contributed by atoms with Gasteiger partial charge in [0, 0.05) is 0 Å². The highest BCUT2D eigenvalue weighted by Crippen LogP contribution is 2.06. The van der Waals surface area contributed by atoms with Crippen molar-refractivity contribution in [1.82, 2.24) is 0 Å². The first kappa shape index (κ1) is 9.22. The molecule has 0 aromatic rings. The molecule has 0 aliphatic rings. The van der Waals surface area contributed by atoms with Crippen molar-refractivity contribution in [2.24, 2.45) is 0 Å². The van der Waals surface area contributed by atoms with Gasteiger partial charge in [0.25, 0.3) is 0 Å². The van der Waals surface area contributed by atoms with E-state index in [1.165, 1.54) is 11.1 Å². The van der Waals surface area contributed by atoms with E-state index in [-0.39, 0.29) is 0 Å². The van der Waals surface area contributed by atoms with Crippen molar-refractivity contribution in [2.75, 3.05) is 0 Å². The molecule has 0 saturated heterocycles. The molecule has 0 aromatic heterocycles. The second kappa shape index (κ2) is 5.04. The van der Waals surface area contributed by atoms with E-state index >= 15 is 0 Å². The highest BCUT2D eigenvalue weighted by Gasteiger charge is 1.86. The molecule has 0 heteroatoms. The first-order chi connectivity index (χ1) is 4.72. The molecular weight excluding hydrogens is 120 g/mol. The maximum Gasteiger partial charge on any atom is -0.0395 e. The van der Waals surface area contributed by atoms with Crippen molar-refractivity contribution in [3.63, 3.8) is 0 Å². The zero-order chi connectivity index (χ0) is 7.98. The summed E-state index contributed by atoms with van der Waals surface area (Å²) in [5.74, 6) is 0. The fourth-order valence-electron chi connectivity index (χ4n) is 0.600. The molecule has 0 aromatic carbocycles. The molecule has 0 heterocycles. The molecule has 0 aliphatic heterocycles. The van der Waals surface area contributed by atoms with Crippen LogP contribution >= 0.6 is 0 Å². The minimum atomic E-state index is 1.33. The standard InChI is InChI=1S/C10H16/c1-5-7-8-10(4)9(3)6-2/h5-8H,1-4H3/b7-5-,9-6+,10-8+. The van der Waals surface area contributed by atoms with Crippen LogP contribution in [0, 0.1) is 0 Å². The highest BCUT2D eigenvalue weighted by atomic mass is 13.9. The molecule has 0 fully saturated rings. The van der Waals surface area contributed by atoms with Gasteiger partial charge in [0.1, 0.15) is 0 Å². The van der Waals surface area contributed by atoms with E-state index in [0.717, 1.165) is 0 Å². The zero-order valence-corrected chi connectivity index (χ0v) is 7.31. The van der Waals surface area contributed by atoms with E-state index in [2.05, 4.69) is 39.0 Å². The largest absolute Gasteiger partial charge is 0.0877 e. The molecule has 0 radical (unpaired) electrons. The van der Waals surface area contributed by atoms with Crippen molar-refractivity contribution in [3.05, 3.63) is 35.5 Å². The Morgan fingerprint density at radius 3 is 2.00 bits per heavy atom. The van der Waals surface area contributed by atoms with Crippen LogP contribution in [0.3, 0.4) is 0 Å². The fraction of sp³-hybridized carbons (Fsp3) is 0.400. The predicted octanol–water partition coefficient (Wildman–Crippen LogP) is 3.48. The molecule has 0 unspecified atom stereocenters. The average molecular weight is 136 g/mol. The summed E-state index contributed by atoms with van der Waals surface area (Å²) in [4.78, 5) is 0. The average Bonchev–Trinajstić information content (AvgIpc) is 1.98. The molecule has 0 aliphatic carbocycles. The number of rotatable bonds is 2. The van der Waals surface area contributed by atoms with Gasteiger partial charge < -0.3 is 0 Å². The van der Waals surface area contributed by atoms with Crippen LogP contribution in [0.25, 0.3) is 0 Å². The zero-order valence-electron chi connectivity index (χ0n) is 7.31. The van der Waals surface area contributed by atoms with Crippen LogP contribution in [-0.2, 0) is 0 Å². The Hall–Kier alpha value is -0.780. The summed E-state index contributed by atoms with van der Waals surface area (Å²) in [6.07, 6.45) is 8.33. The SMILES string of the molecule is C\C=C/C=C(C)/C(C)=C/C. The lowest BCUT2D eigenvalue weighted by molar-refractivity contribution is 1.33. The van der Waals surface area contributed by atoms with E-state index in [0.29, 0.717) is 0 Å². The van der Waals surface area contributed by atoms with Gasteiger partial charge in [0.2, 0.25) is 0 Å². The van der Waals surface area contributed by atoms with Crippen LogP contribution in [-0.4, -0.2) is 0 Å². The first-order valence-electron chi connectivity index (χ1n) is 3.65. The molecule has 0 N–H and O–H groups in total. The highest BCUT2D eigenvalue weighted by molar-refractivity contribution is 5.29. The monoisotopic (exact) mass is 136 g/mol. The molecule has 0 rings (SSSR count). The van der Waals surface area contributed by atoms with Crippen molar-refractivity contribution < 1.29 is 0 Å². The van der Waals surface area contributed by atoms with Crippen molar-refractivity contribution in [3.8, 4) is 0 Å². The van der Waals surface area contributed by atoms with Crippen molar-refractivity contribution in [1.29, 1.82) is 0 Å². The van der Waals surface area contributed by atoms with Gasteiger partial charge in [-0.25, -0.2) is 0 Å². The van der Waals surface area contributed by atoms with Gasteiger partial charge in [-0.15, -0.1) is 0 Å². The van der Waals surface area contributed by atoms with Gasteiger partial charge in [-0.05, 0) is 33.3 Å². The molecule has 0 spiro atoms. The van der Waals surface area contributed by atoms with E-state index in [1.54, 1.807) is 0 Å². The summed E-state index contributed by atoms with van der Waals surface area (Å²) in [6, 6.07) is 0. The molecule has 0 nitrogen and oxygen atoms in total. The second-order valence-corrected chi connectivity index (χ2v) is 2.35. The third kappa shape index (κ3) is 3.29. The smallest absolute Gasteiger partial charge is 0.0395 e. The minimum Gasteiger partial charge on any atom is -0.0877 e. The van der Waals surface area contributed by atoms with Gasteiger partial charge in [0.15, 0.2) is 0 Å². The summed E-state index contributed by atoms with van der Waals surface area (Å²) in [7, 11) is 0. The quantitative estimate of drug-likeness (QED) is 0.510. The molecule has 0 saturated carbocycles.